The Morgan fingerprint density at radius 3 is 2.19 bits per heavy atom. The number of fused-ring (bicyclic) bond motifs is 1. The zero-order chi connectivity index (χ0) is 16.5. The van der Waals surface area contributed by atoms with Gasteiger partial charge in [-0.05, 0) is 12.8 Å². The first kappa shape index (κ1) is 17.2. The predicted octanol–water partition coefficient (Wildman–Crippen LogP) is 0.487. The summed E-state index contributed by atoms with van der Waals surface area (Å²) in [5.41, 5.74) is 5.43. The molecule has 2 aliphatic rings. The lowest BCUT2D eigenvalue weighted by Crippen LogP contribution is -2.69. The number of halogens is 4. The summed E-state index contributed by atoms with van der Waals surface area (Å²) in [5.74, 6) is -4.28. The molecule has 11 heteroatoms. The highest BCUT2D eigenvalue weighted by atomic mass is 35.5. The van der Waals surface area contributed by atoms with Crippen molar-refractivity contribution in [1.82, 2.24) is 4.90 Å². The first-order chi connectivity index (χ1) is 9.48. The van der Waals surface area contributed by atoms with E-state index in [2.05, 4.69) is 0 Å². The SMILES string of the molecule is N[C@H]1C(=O)N2C(C(=O)O)=C(Cl)CCC12.O=C(O)C(F)(F)F. The van der Waals surface area contributed by atoms with Crippen molar-refractivity contribution in [2.75, 3.05) is 0 Å². The lowest BCUT2D eigenvalue weighted by Gasteiger charge is -2.47. The quantitative estimate of drug-likeness (QED) is 0.601. The smallest absolute Gasteiger partial charge is 0.477 e. The van der Waals surface area contributed by atoms with Crippen LogP contribution in [-0.4, -0.2) is 51.2 Å². The van der Waals surface area contributed by atoms with E-state index >= 15 is 0 Å². The van der Waals surface area contributed by atoms with Gasteiger partial charge >= 0.3 is 18.1 Å². The van der Waals surface area contributed by atoms with E-state index in [0.717, 1.165) is 0 Å². The Labute approximate surface area is 120 Å². The van der Waals surface area contributed by atoms with Crippen molar-refractivity contribution in [2.45, 2.75) is 31.1 Å². The Morgan fingerprint density at radius 1 is 1.33 bits per heavy atom. The molecular weight excluding hydrogens is 321 g/mol. The Hall–Kier alpha value is -1.81. The summed E-state index contributed by atoms with van der Waals surface area (Å²) in [5, 5.41) is 16.2. The van der Waals surface area contributed by atoms with Crippen molar-refractivity contribution < 1.29 is 37.8 Å². The number of alkyl halides is 3. The molecule has 1 fully saturated rings. The monoisotopic (exact) mass is 330 g/mol. The molecule has 0 aromatic rings. The van der Waals surface area contributed by atoms with Gasteiger partial charge in [0.1, 0.15) is 11.7 Å². The van der Waals surface area contributed by atoms with Crippen molar-refractivity contribution >= 4 is 29.4 Å². The molecule has 0 aromatic carbocycles. The molecule has 2 aliphatic heterocycles. The van der Waals surface area contributed by atoms with E-state index < -0.39 is 24.2 Å². The molecule has 4 N–H and O–H groups in total. The van der Waals surface area contributed by atoms with Gasteiger partial charge in [-0.15, -0.1) is 0 Å². The van der Waals surface area contributed by atoms with Crippen LogP contribution >= 0.6 is 11.6 Å². The summed E-state index contributed by atoms with van der Waals surface area (Å²) in [7, 11) is 0. The van der Waals surface area contributed by atoms with Gasteiger partial charge in [0.15, 0.2) is 0 Å². The Kier molecular flexibility index (Phi) is 4.84. The van der Waals surface area contributed by atoms with Crippen LogP contribution in [0.15, 0.2) is 10.7 Å². The molecule has 0 radical (unpaired) electrons. The molecule has 2 rings (SSSR count). The lowest BCUT2D eigenvalue weighted by molar-refractivity contribution is -0.192. The largest absolute Gasteiger partial charge is 0.490 e. The van der Waals surface area contributed by atoms with Crippen molar-refractivity contribution in [1.29, 1.82) is 0 Å². The number of β-lactam (4-membered cyclic amide) rings is 1. The van der Waals surface area contributed by atoms with Gasteiger partial charge in [0.25, 0.3) is 0 Å². The van der Waals surface area contributed by atoms with Crippen molar-refractivity contribution in [3.05, 3.63) is 10.7 Å². The molecule has 118 valence electrons. The summed E-state index contributed by atoms with van der Waals surface area (Å²) in [4.78, 5) is 32.2. The zero-order valence-electron chi connectivity index (χ0n) is 10.2. The Balaban J connectivity index is 0.000000270. The van der Waals surface area contributed by atoms with Crippen LogP contribution in [0.4, 0.5) is 13.2 Å². The van der Waals surface area contributed by atoms with Gasteiger partial charge in [-0.1, -0.05) is 11.6 Å². The average Bonchev–Trinajstić information content (AvgIpc) is 2.36. The van der Waals surface area contributed by atoms with Gasteiger partial charge in [0.2, 0.25) is 5.91 Å². The van der Waals surface area contributed by atoms with Crippen LogP contribution in [0.5, 0.6) is 0 Å². The highest BCUT2D eigenvalue weighted by Crippen LogP contribution is 2.36. The minimum atomic E-state index is -5.08. The highest BCUT2D eigenvalue weighted by Gasteiger charge is 2.50. The molecule has 0 saturated carbocycles. The number of rotatable bonds is 1. The number of carboxylic acids is 2. The van der Waals surface area contributed by atoms with E-state index in [1.54, 1.807) is 0 Å². The van der Waals surface area contributed by atoms with E-state index in [1.807, 2.05) is 0 Å². The number of allylic oxidation sites excluding steroid dienone is 1. The fourth-order valence-electron chi connectivity index (χ4n) is 1.89. The molecule has 0 aliphatic carbocycles. The molecule has 2 heterocycles. The Bertz CT molecular complexity index is 519. The third kappa shape index (κ3) is 3.45. The molecule has 21 heavy (non-hydrogen) atoms. The molecule has 2 atom stereocenters. The van der Waals surface area contributed by atoms with Gasteiger partial charge in [-0.25, -0.2) is 9.59 Å². The third-order valence-electron chi connectivity index (χ3n) is 2.87. The number of amides is 1. The fraction of sp³-hybridized carbons (Fsp3) is 0.500. The van der Waals surface area contributed by atoms with Gasteiger partial charge in [-0.3, -0.25) is 9.69 Å². The lowest BCUT2D eigenvalue weighted by atomic mass is 9.87. The maximum atomic E-state index is 11.3. The first-order valence-corrected chi connectivity index (χ1v) is 5.87. The molecule has 0 spiro atoms. The number of hydrogen-bond donors (Lipinski definition) is 3. The first-order valence-electron chi connectivity index (χ1n) is 5.49. The van der Waals surface area contributed by atoms with E-state index in [-0.39, 0.29) is 22.7 Å². The summed E-state index contributed by atoms with van der Waals surface area (Å²) in [6.07, 6.45) is -3.96. The minimum absolute atomic E-state index is 0.102. The summed E-state index contributed by atoms with van der Waals surface area (Å²) >= 11 is 5.75. The number of carbonyl (C=O) groups excluding carboxylic acids is 1. The molecule has 7 nitrogen and oxygen atoms in total. The van der Waals surface area contributed by atoms with E-state index in [9.17, 15) is 22.8 Å². The number of hydrogen-bond acceptors (Lipinski definition) is 4. The predicted molar refractivity (Wildman–Crippen MR) is 62.0 cm³/mol. The van der Waals surface area contributed by atoms with Crippen LogP contribution < -0.4 is 5.73 Å². The third-order valence-corrected chi connectivity index (χ3v) is 3.24. The van der Waals surface area contributed by atoms with Crippen LogP contribution in [0.1, 0.15) is 12.8 Å². The van der Waals surface area contributed by atoms with Crippen LogP contribution in [0.3, 0.4) is 0 Å². The number of aliphatic carboxylic acids is 2. The Morgan fingerprint density at radius 2 is 1.81 bits per heavy atom. The molecule has 1 saturated heterocycles. The molecule has 1 amide bonds. The van der Waals surface area contributed by atoms with Crippen molar-refractivity contribution in [3.8, 4) is 0 Å². The number of nitrogens with two attached hydrogens (primary N) is 1. The molecule has 0 bridgehead atoms. The maximum absolute atomic E-state index is 11.3. The van der Waals surface area contributed by atoms with Crippen LogP contribution in [0.25, 0.3) is 0 Å². The van der Waals surface area contributed by atoms with Crippen LogP contribution in [0, 0.1) is 0 Å². The van der Waals surface area contributed by atoms with Crippen molar-refractivity contribution in [2.24, 2.45) is 5.73 Å². The maximum Gasteiger partial charge on any atom is 0.490 e. The summed E-state index contributed by atoms with van der Waals surface area (Å²) in [6.45, 7) is 0. The zero-order valence-corrected chi connectivity index (χ0v) is 11.0. The van der Waals surface area contributed by atoms with Crippen LogP contribution in [-0.2, 0) is 14.4 Å². The second kappa shape index (κ2) is 5.90. The van der Waals surface area contributed by atoms with Crippen LogP contribution in [0.2, 0.25) is 0 Å². The second-order valence-corrected chi connectivity index (χ2v) is 4.66. The summed E-state index contributed by atoms with van der Waals surface area (Å²) < 4.78 is 31.7. The number of carboxylic acid groups (broad SMARTS) is 2. The van der Waals surface area contributed by atoms with Crippen molar-refractivity contribution in [3.63, 3.8) is 0 Å². The van der Waals surface area contributed by atoms with Gasteiger partial charge in [0.05, 0.1) is 6.04 Å². The molecule has 0 aromatic heterocycles. The standard InChI is InChI=1S/C8H9ClN2O3.C2HF3O2/c9-3-1-2-4-5(10)7(12)11(4)6(3)8(13)14;3-2(4,5)1(6)7/h4-5H,1-2,10H2,(H,13,14);(H,6,7)/t4?,5-;/m1./s1. The van der Waals surface area contributed by atoms with E-state index in [0.29, 0.717) is 12.8 Å². The second-order valence-electron chi connectivity index (χ2n) is 4.20. The van der Waals surface area contributed by atoms with E-state index in [1.165, 1.54) is 4.90 Å². The molecular formula is C10H10ClF3N2O5. The van der Waals surface area contributed by atoms with Gasteiger partial charge in [-0.2, -0.15) is 13.2 Å². The normalized spacial score (nSPS) is 24.6. The number of nitrogens with zero attached hydrogens (tertiary/aromatic N) is 1. The average molecular weight is 331 g/mol. The summed E-state index contributed by atoms with van der Waals surface area (Å²) in [6, 6.07) is -0.745. The molecule has 1 unspecified atom stereocenters. The topological polar surface area (TPSA) is 121 Å². The van der Waals surface area contributed by atoms with Gasteiger partial charge in [0, 0.05) is 5.03 Å². The highest BCUT2D eigenvalue weighted by molar-refractivity contribution is 6.32. The fourth-order valence-corrected chi connectivity index (χ4v) is 2.18. The minimum Gasteiger partial charge on any atom is -0.477 e. The number of carbonyl (C=O) groups is 3. The van der Waals surface area contributed by atoms with Gasteiger partial charge < -0.3 is 15.9 Å². The van der Waals surface area contributed by atoms with E-state index in [4.69, 9.17) is 32.3 Å².